The number of carboxylic acid groups (broad SMARTS) is 1. The van der Waals surface area contributed by atoms with E-state index in [1.165, 1.54) is 0 Å². The lowest BCUT2D eigenvalue weighted by Gasteiger charge is -2.39. The van der Waals surface area contributed by atoms with Crippen molar-refractivity contribution in [1.29, 1.82) is 0 Å². The van der Waals surface area contributed by atoms with E-state index < -0.39 is 24.3 Å². The van der Waals surface area contributed by atoms with Crippen LogP contribution in [0.3, 0.4) is 0 Å². The van der Waals surface area contributed by atoms with E-state index >= 15 is 0 Å². The van der Waals surface area contributed by atoms with Gasteiger partial charge in [0.15, 0.2) is 0 Å². The lowest BCUT2D eigenvalue weighted by atomic mass is 9.71. The molecule has 3 rings (SSSR count). The van der Waals surface area contributed by atoms with E-state index in [9.17, 15) is 19.5 Å². The van der Waals surface area contributed by atoms with Crippen LogP contribution in [0.15, 0.2) is 41.7 Å². The molecule has 1 heterocycles. The van der Waals surface area contributed by atoms with E-state index in [2.05, 4.69) is 5.32 Å². The second-order valence-electron chi connectivity index (χ2n) is 7.78. The van der Waals surface area contributed by atoms with Crippen LogP contribution in [0, 0.1) is 5.41 Å². The average Bonchev–Trinajstić information content (AvgIpc) is 2.76. The molecule has 28 heavy (non-hydrogen) atoms. The third-order valence-electron chi connectivity index (χ3n) is 5.62. The molecule has 1 aromatic carbocycles. The number of aliphatic hydroxyl groups excluding tert-OH is 1. The van der Waals surface area contributed by atoms with Gasteiger partial charge in [-0.05, 0) is 23.8 Å². The molecule has 1 aliphatic heterocycles. The maximum atomic E-state index is 13.2. The summed E-state index contributed by atoms with van der Waals surface area (Å²) >= 11 is 0. The molecule has 0 radical (unpaired) electrons. The molecule has 0 bridgehead atoms. The second-order valence-corrected chi connectivity index (χ2v) is 7.78. The van der Waals surface area contributed by atoms with Crippen molar-refractivity contribution in [3.63, 3.8) is 0 Å². The van der Waals surface area contributed by atoms with Gasteiger partial charge in [-0.1, -0.05) is 49.6 Å². The van der Waals surface area contributed by atoms with Crippen LogP contribution in [0.25, 0.3) is 0 Å². The Kier molecular flexibility index (Phi) is 6.02. The Morgan fingerprint density at radius 2 is 1.79 bits per heavy atom. The number of allylic oxidation sites excluding steroid dienone is 1. The Morgan fingerprint density at radius 1 is 1.11 bits per heavy atom. The van der Waals surface area contributed by atoms with Crippen LogP contribution < -0.4 is 5.32 Å². The maximum Gasteiger partial charge on any atom is 0.322 e. The van der Waals surface area contributed by atoms with Crippen molar-refractivity contribution in [2.24, 2.45) is 5.41 Å². The van der Waals surface area contributed by atoms with E-state index in [4.69, 9.17) is 5.11 Å². The monoisotopic (exact) mass is 386 g/mol. The summed E-state index contributed by atoms with van der Waals surface area (Å²) < 4.78 is 0. The minimum Gasteiger partial charge on any atom is -0.511 e. The number of nitrogens with zero attached hydrogens (tertiary/aromatic N) is 1. The molecule has 0 aromatic heterocycles. The molecule has 1 aliphatic carbocycles. The molecule has 150 valence electrons. The third kappa shape index (κ3) is 4.52. The van der Waals surface area contributed by atoms with Crippen LogP contribution in [0.1, 0.15) is 44.1 Å². The summed E-state index contributed by atoms with van der Waals surface area (Å²) in [6.45, 7) is 0.206. The first-order valence-electron chi connectivity index (χ1n) is 9.65. The first kappa shape index (κ1) is 19.9. The number of hydrogen-bond donors (Lipinski definition) is 3. The predicted octanol–water partition coefficient (Wildman–Crippen LogP) is 2.38. The second kappa shape index (κ2) is 8.46. The van der Waals surface area contributed by atoms with Gasteiger partial charge in [-0.2, -0.15) is 0 Å². The first-order valence-corrected chi connectivity index (χ1v) is 9.65. The molecule has 2 amide bonds. The minimum atomic E-state index is -1.21. The fourth-order valence-electron chi connectivity index (χ4n) is 4.30. The van der Waals surface area contributed by atoms with Crippen LogP contribution >= 0.6 is 0 Å². The Morgan fingerprint density at radius 3 is 2.43 bits per heavy atom. The van der Waals surface area contributed by atoms with Crippen LogP contribution in [0.5, 0.6) is 0 Å². The number of amides is 2. The normalized spacial score (nSPS) is 19.4. The van der Waals surface area contributed by atoms with E-state index in [1.807, 2.05) is 30.3 Å². The summed E-state index contributed by atoms with van der Waals surface area (Å²) in [5.41, 5.74) is 0.356. The van der Waals surface area contributed by atoms with Gasteiger partial charge in [-0.25, -0.2) is 0 Å². The van der Waals surface area contributed by atoms with Gasteiger partial charge in [0.05, 0.1) is 0 Å². The third-order valence-corrected chi connectivity index (χ3v) is 5.62. The van der Waals surface area contributed by atoms with Crippen molar-refractivity contribution in [3.8, 4) is 0 Å². The van der Waals surface area contributed by atoms with E-state index in [1.54, 1.807) is 4.90 Å². The molecule has 7 nitrogen and oxygen atoms in total. The average molecular weight is 386 g/mol. The van der Waals surface area contributed by atoms with Gasteiger partial charge in [0, 0.05) is 19.5 Å². The quantitative estimate of drug-likeness (QED) is 0.674. The molecule has 3 N–H and O–H groups in total. The highest BCUT2D eigenvalue weighted by molar-refractivity contribution is 6.19. The van der Waals surface area contributed by atoms with Gasteiger partial charge in [0.1, 0.15) is 17.9 Å². The molecule has 2 aliphatic rings. The standard InChI is InChI=1S/C21H26N2O5/c24-16-11-21(9-5-2-6-10-21)14-23(13-15-7-3-1-4-8-15)20(28)18(16)19(27)22-12-17(25)26/h1,3-4,7-8,24H,2,5-6,9-14H2,(H,22,27)(H,25,26). The SMILES string of the molecule is O=C(O)CNC(=O)C1=C(O)CC2(CCCCC2)CN(Cc2ccccc2)C1=O. The zero-order valence-corrected chi connectivity index (χ0v) is 15.8. The predicted molar refractivity (Wildman–Crippen MR) is 102 cm³/mol. The van der Waals surface area contributed by atoms with Crippen molar-refractivity contribution >= 4 is 17.8 Å². The molecular weight excluding hydrogens is 360 g/mol. The molecule has 0 atom stereocenters. The number of hydrogen-bond acceptors (Lipinski definition) is 4. The lowest BCUT2D eigenvalue weighted by Crippen LogP contribution is -2.42. The summed E-state index contributed by atoms with van der Waals surface area (Å²) in [7, 11) is 0. The Hall–Kier alpha value is -2.83. The summed E-state index contributed by atoms with van der Waals surface area (Å²) in [6.07, 6.45) is 5.23. The number of rotatable bonds is 5. The minimum absolute atomic E-state index is 0.231. The van der Waals surface area contributed by atoms with Crippen molar-refractivity contribution in [2.45, 2.75) is 45.1 Å². The van der Waals surface area contributed by atoms with Gasteiger partial charge in [-0.3, -0.25) is 14.4 Å². The zero-order valence-electron chi connectivity index (χ0n) is 15.8. The Balaban J connectivity index is 1.93. The zero-order chi connectivity index (χ0) is 20.1. The molecule has 1 saturated carbocycles. The summed E-state index contributed by atoms with van der Waals surface area (Å²) in [6, 6.07) is 9.51. The van der Waals surface area contributed by atoms with Crippen molar-refractivity contribution in [1.82, 2.24) is 10.2 Å². The lowest BCUT2D eigenvalue weighted by molar-refractivity contribution is -0.138. The fourth-order valence-corrected chi connectivity index (χ4v) is 4.30. The number of carbonyl (C=O) groups excluding carboxylic acids is 2. The Bertz CT molecular complexity index is 781. The van der Waals surface area contributed by atoms with E-state index in [0.717, 1.165) is 37.7 Å². The molecule has 1 spiro atoms. The highest BCUT2D eigenvalue weighted by Crippen LogP contribution is 2.44. The van der Waals surface area contributed by atoms with Crippen molar-refractivity contribution < 1.29 is 24.6 Å². The fraction of sp³-hybridized carbons (Fsp3) is 0.476. The van der Waals surface area contributed by atoms with Gasteiger partial charge in [-0.15, -0.1) is 0 Å². The van der Waals surface area contributed by atoms with Gasteiger partial charge < -0.3 is 20.4 Å². The highest BCUT2D eigenvalue weighted by atomic mass is 16.4. The van der Waals surface area contributed by atoms with Gasteiger partial charge >= 0.3 is 5.97 Å². The van der Waals surface area contributed by atoms with Crippen LogP contribution in [-0.4, -0.2) is 46.0 Å². The highest BCUT2D eigenvalue weighted by Gasteiger charge is 2.42. The molecule has 7 heteroatoms. The van der Waals surface area contributed by atoms with E-state index in [-0.39, 0.29) is 23.2 Å². The number of aliphatic carboxylic acids is 1. The summed E-state index contributed by atoms with van der Waals surface area (Å²) in [5.74, 6) is -2.83. The molecule has 0 unspecified atom stereocenters. The van der Waals surface area contributed by atoms with E-state index in [0.29, 0.717) is 13.1 Å². The van der Waals surface area contributed by atoms with Crippen molar-refractivity contribution in [3.05, 3.63) is 47.2 Å². The number of aliphatic hydroxyl groups is 1. The van der Waals surface area contributed by atoms with Crippen LogP contribution in [0.4, 0.5) is 0 Å². The summed E-state index contributed by atoms with van der Waals surface area (Å²) in [4.78, 5) is 38.1. The van der Waals surface area contributed by atoms with Gasteiger partial charge in [0.2, 0.25) is 0 Å². The van der Waals surface area contributed by atoms with Crippen molar-refractivity contribution in [2.75, 3.05) is 13.1 Å². The van der Waals surface area contributed by atoms with Gasteiger partial charge in [0.25, 0.3) is 11.8 Å². The van der Waals surface area contributed by atoms with Crippen LogP contribution in [0.2, 0.25) is 0 Å². The number of carbonyl (C=O) groups is 3. The smallest absolute Gasteiger partial charge is 0.322 e. The Labute approximate surface area is 164 Å². The maximum absolute atomic E-state index is 13.2. The molecular formula is C21H26N2O5. The topological polar surface area (TPSA) is 107 Å². The molecule has 0 saturated heterocycles. The molecule has 1 aromatic rings. The molecule has 1 fully saturated rings. The number of carboxylic acids is 1. The number of benzene rings is 1. The summed E-state index contributed by atoms with van der Waals surface area (Å²) in [5, 5.41) is 21.7. The first-order chi connectivity index (χ1) is 13.4. The largest absolute Gasteiger partial charge is 0.511 e. The number of nitrogens with one attached hydrogen (secondary N) is 1. The van der Waals surface area contributed by atoms with Crippen LogP contribution in [-0.2, 0) is 20.9 Å².